The van der Waals surface area contributed by atoms with Crippen molar-refractivity contribution in [1.29, 1.82) is 5.26 Å². The van der Waals surface area contributed by atoms with E-state index in [0.29, 0.717) is 19.5 Å². The maximum Gasteiger partial charge on any atom is 0.306 e. The standard InChI is InChI=1S/C11H17N5O3/c1-2-14(5-3-4-12)8-11(17)9-15-7-10(6-13-15)16(18)19/h6-7,11,17H,2-3,5,8-9H2,1H3. The molecule has 0 saturated carbocycles. The summed E-state index contributed by atoms with van der Waals surface area (Å²) in [4.78, 5) is 11.9. The van der Waals surface area contributed by atoms with Crippen LogP contribution in [0.25, 0.3) is 0 Å². The Morgan fingerprint density at radius 2 is 2.47 bits per heavy atom. The molecule has 19 heavy (non-hydrogen) atoms. The van der Waals surface area contributed by atoms with Crippen molar-refractivity contribution >= 4 is 5.69 Å². The van der Waals surface area contributed by atoms with E-state index in [9.17, 15) is 15.2 Å². The summed E-state index contributed by atoms with van der Waals surface area (Å²) in [7, 11) is 0. The average Bonchev–Trinajstić information content (AvgIpc) is 2.83. The Labute approximate surface area is 111 Å². The summed E-state index contributed by atoms with van der Waals surface area (Å²) in [6.45, 7) is 3.88. The fourth-order valence-corrected chi connectivity index (χ4v) is 1.71. The SMILES string of the molecule is CCN(CCC#N)CC(O)Cn1cc([N+](=O)[O-])cn1. The number of nitro groups is 1. The summed E-state index contributed by atoms with van der Waals surface area (Å²) >= 11 is 0. The monoisotopic (exact) mass is 267 g/mol. The highest BCUT2D eigenvalue weighted by atomic mass is 16.6. The van der Waals surface area contributed by atoms with Crippen LogP contribution in [0.1, 0.15) is 13.3 Å². The number of nitriles is 1. The lowest BCUT2D eigenvalue weighted by molar-refractivity contribution is -0.385. The average molecular weight is 267 g/mol. The number of likely N-dealkylation sites (N-methyl/N-ethyl adjacent to an activating group) is 1. The second kappa shape index (κ2) is 7.45. The molecule has 1 aromatic heterocycles. The van der Waals surface area contributed by atoms with Gasteiger partial charge in [0.1, 0.15) is 12.4 Å². The molecule has 104 valence electrons. The van der Waals surface area contributed by atoms with Crippen LogP contribution in [0, 0.1) is 21.4 Å². The van der Waals surface area contributed by atoms with E-state index in [1.807, 2.05) is 11.8 Å². The molecule has 0 radical (unpaired) electrons. The molecule has 0 aliphatic rings. The lowest BCUT2D eigenvalue weighted by Crippen LogP contribution is -2.35. The maximum atomic E-state index is 10.5. The van der Waals surface area contributed by atoms with E-state index in [1.54, 1.807) is 0 Å². The molecule has 1 atom stereocenters. The van der Waals surface area contributed by atoms with Gasteiger partial charge >= 0.3 is 5.69 Å². The number of aliphatic hydroxyl groups is 1. The Hall–Kier alpha value is -1.98. The van der Waals surface area contributed by atoms with Crippen LogP contribution in [0.2, 0.25) is 0 Å². The maximum absolute atomic E-state index is 10.5. The van der Waals surface area contributed by atoms with Gasteiger partial charge in [-0.2, -0.15) is 10.4 Å². The summed E-state index contributed by atoms with van der Waals surface area (Å²) in [5.41, 5.74) is -0.0935. The van der Waals surface area contributed by atoms with Crippen LogP contribution in [0.4, 0.5) is 5.69 Å². The van der Waals surface area contributed by atoms with Gasteiger partial charge in [0.15, 0.2) is 0 Å². The van der Waals surface area contributed by atoms with E-state index in [-0.39, 0.29) is 12.2 Å². The van der Waals surface area contributed by atoms with E-state index in [1.165, 1.54) is 10.9 Å². The predicted molar refractivity (Wildman–Crippen MR) is 67.2 cm³/mol. The molecular formula is C11H17N5O3. The summed E-state index contributed by atoms with van der Waals surface area (Å²) in [5, 5.41) is 32.7. The van der Waals surface area contributed by atoms with Crippen molar-refractivity contribution in [2.45, 2.75) is 26.0 Å². The Balaban J connectivity index is 2.46. The number of hydrogen-bond donors (Lipinski definition) is 1. The van der Waals surface area contributed by atoms with E-state index in [4.69, 9.17) is 5.26 Å². The van der Waals surface area contributed by atoms with E-state index in [2.05, 4.69) is 11.2 Å². The quantitative estimate of drug-likeness (QED) is 0.539. The van der Waals surface area contributed by atoms with Gasteiger partial charge in [0.2, 0.25) is 0 Å². The fourth-order valence-electron chi connectivity index (χ4n) is 1.71. The number of rotatable bonds is 8. The fraction of sp³-hybridized carbons (Fsp3) is 0.636. The molecule has 0 aliphatic heterocycles. The lowest BCUT2D eigenvalue weighted by atomic mass is 10.3. The predicted octanol–water partition coefficient (Wildman–Crippen LogP) is 0.388. The van der Waals surface area contributed by atoms with Gasteiger partial charge in [0.05, 0.1) is 23.6 Å². The van der Waals surface area contributed by atoms with Crippen LogP contribution in [-0.4, -0.2) is 50.4 Å². The molecule has 1 unspecified atom stereocenters. The van der Waals surface area contributed by atoms with Gasteiger partial charge in [0.25, 0.3) is 0 Å². The third-order valence-electron chi connectivity index (χ3n) is 2.68. The van der Waals surface area contributed by atoms with Crippen molar-refractivity contribution in [1.82, 2.24) is 14.7 Å². The zero-order valence-corrected chi connectivity index (χ0v) is 10.8. The molecule has 0 aromatic carbocycles. The molecule has 1 N–H and O–H groups in total. The topological polar surface area (TPSA) is 108 Å². The second-order valence-corrected chi connectivity index (χ2v) is 4.13. The van der Waals surface area contributed by atoms with Crippen molar-refractivity contribution < 1.29 is 10.0 Å². The third kappa shape index (κ3) is 5.03. The minimum atomic E-state index is -0.682. The molecular weight excluding hydrogens is 250 g/mol. The first-order valence-electron chi connectivity index (χ1n) is 6.01. The van der Waals surface area contributed by atoms with Crippen molar-refractivity contribution in [2.75, 3.05) is 19.6 Å². The Morgan fingerprint density at radius 3 is 3.00 bits per heavy atom. The van der Waals surface area contributed by atoms with Crippen molar-refractivity contribution in [3.8, 4) is 6.07 Å². The first kappa shape index (κ1) is 15.1. The molecule has 1 aromatic rings. The van der Waals surface area contributed by atoms with Crippen molar-refractivity contribution in [2.24, 2.45) is 0 Å². The first-order chi connectivity index (χ1) is 9.06. The summed E-state index contributed by atoms with van der Waals surface area (Å²) < 4.78 is 1.35. The first-order valence-corrected chi connectivity index (χ1v) is 6.01. The van der Waals surface area contributed by atoms with E-state index < -0.39 is 11.0 Å². The van der Waals surface area contributed by atoms with Gasteiger partial charge in [-0.1, -0.05) is 6.92 Å². The second-order valence-electron chi connectivity index (χ2n) is 4.13. The molecule has 0 aliphatic carbocycles. The number of aliphatic hydroxyl groups excluding tert-OH is 1. The van der Waals surface area contributed by atoms with Crippen LogP contribution >= 0.6 is 0 Å². The molecule has 0 amide bonds. The van der Waals surface area contributed by atoms with Crippen LogP contribution in [-0.2, 0) is 6.54 Å². The lowest BCUT2D eigenvalue weighted by Gasteiger charge is -2.22. The highest BCUT2D eigenvalue weighted by molar-refractivity contribution is 5.20. The van der Waals surface area contributed by atoms with Gasteiger partial charge in [0, 0.05) is 19.5 Å². The van der Waals surface area contributed by atoms with E-state index >= 15 is 0 Å². The minimum Gasteiger partial charge on any atom is -0.390 e. The Kier molecular flexibility index (Phi) is 5.92. The van der Waals surface area contributed by atoms with Crippen LogP contribution in [0.3, 0.4) is 0 Å². The van der Waals surface area contributed by atoms with Gasteiger partial charge in [-0.15, -0.1) is 0 Å². The van der Waals surface area contributed by atoms with Crippen LogP contribution in [0.15, 0.2) is 12.4 Å². The van der Waals surface area contributed by atoms with E-state index in [0.717, 1.165) is 12.7 Å². The Bertz CT molecular complexity index is 453. The number of nitrogens with zero attached hydrogens (tertiary/aromatic N) is 5. The normalized spacial score (nSPS) is 12.3. The van der Waals surface area contributed by atoms with Gasteiger partial charge in [-0.25, -0.2) is 0 Å². The Morgan fingerprint density at radius 1 is 1.74 bits per heavy atom. The minimum absolute atomic E-state index is 0.0935. The molecule has 0 saturated heterocycles. The van der Waals surface area contributed by atoms with Gasteiger partial charge in [-0.3, -0.25) is 19.7 Å². The van der Waals surface area contributed by atoms with Crippen molar-refractivity contribution in [3.63, 3.8) is 0 Å². The van der Waals surface area contributed by atoms with Crippen LogP contribution < -0.4 is 0 Å². The number of aromatic nitrogens is 2. The summed E-state index contributed by atoms with van der Waals surface area (Å²) in [6.07, 6.45) is 2.17. The molecule has 0 fully saturated rings. The van der Waals surface area contributed by atoms with Gasteiger partial charge < -0.3 is 5.11 Å². The van der Waals surface area contributed by atoms with Crippen LogP contribution in [0.5, 0.6) is 0 Å². The highest BCUT2D eigenvalue weighted by Gasteiger charge is 2.14. The largest absolute Gasteiger partial charge is 0.390 e. The molecule has 0 bridgehead atoms. The van der Waals surface area contributed by atoms with Gasteiger partial charge in [-0.05, 0) is 6.54 Å². The third-order valence-corrected chi connectivity index (χ3v) is 2.68. The summed E-state index contributed by atoms with van der Waals surface area (Å²) in [6, 6.07) is 2.06. The summed E-state index contributed by atoms with van der Waals surface area (Å²) in [5.74, 6) is 0. The smallest absolute Gasteiger partial charge is 0.306 e. The zero-order valence-electron chi connectivity index (χ0n) is 10.8. The molecule has 0 spiro atoms. The molecule has 1 heterocycles. The van der Waals surface area contributed by atoms with Crippen molar-refractivity contribution in [3.05, 3.63) is 22.5 Å². The molecule has 8 heteroatoms. The highest BCUT2D eigenvalue weighted by Crippen LogP contribution is 2.08. The zero-order chi connectivity index (χ0) is 14.3. The molecule has 1 rings (SSSR count). The number of hydrogen-bond acceptors (Lipinski definition) is 6. The molecule has 8 nitrogen and oxygen atoms in total.